The van der Waals surface area contributed by atoms with Gasteiger partial charge in [0.1, 0.15) is 11.4 Å². The molecule has 37 heavy (non-hydrogen) atoms. The van der Waals surface area contributed by atoms with Gasteiger partial charge in [0.25, 0.3) is 0 Å². The Balaban J connectivity index is 2.88. The van der Waals surface area contributed by atoms with Crippen LogP contribution in [0.5, 0.6) is 0 Å². The zero-order chi connectivity index (χ0) is 28.9. The number of rotatable bonds is 10. The molecule has 7 heteroatoms. The lowest BCUT2D eigenvalue weighted by Crippen LogP contribution is -2.71. The second kappa shape index (κ2) is 10.2. The first kappa shape index (κ1) is 31.1. The monoisotopic (exact) mass is 518 g/mol. The molecule has 0 amide bonds. The molecule has 2 aliphatic carbocycles. The first-order chi connectivity index (χ1) is 16.6. The lowest BCUT2D eigenvalue weighted by Gasteiger charge is -2.58. The van der Waals surface area contributed by atoms with E-state index < -0.39 is 63.6 Å². The van der Waals surface area contributed by atoms with E-state index in [4.69, 9.17) is 0 Å². The van der Waals surface area contributed by atoms with Crippen LogP contribution in [0, 0.1) is 29.1 Å². The van der Waals surface area contributed by atoms with Gasteiger partial charge >= 0.3 is 0 Å². The Hall–Kier alpha value is -2.09. The van der Waals surface area contributed by atoms with Crippen molar-refractivity contribution in [2.24, 2.45) is 29.1 Å². The lowest BCUT2D eigenvalue weighted by atomic mass is 9.46. The largest absolute Gasteiger partial charge is 0.509 e. The average molecular weight is 519 g/mol. The molecule has 0 saturated heterocycles. The standard InChI is InChI=1S/C30H46O7/c1-16(2)11-12-19(18(5)6)14-20-25(33)29(36)15-21(24(32)28(9,10)35)27(7,8)23(26(29)34)30(20,37)22(31)13-17(3)4/h11,17,19,21,23,33,35-37H,5,12-15H2,1-4,6-10H3/t19-,21+,23-,29-,30-/m0/s1. The maximum atomic E-state index is 13.8. The van der Waals surface area contributed by atoms with Crippen molar-refractivity contribution in [3.8, 4) is 0 Å². The molecule has 0 aromatic heterocycles. The van der Waals surface area contributed by atoms with E-state index in [2.05, 4.69) is 6.58 Å². The van der Waals surface area contributed by atoms with Crippen LogP contribution in [0.2, 0.25) is 0 Å². The number of Topliss-reactive ketones (excluding diaryl/α,β-unsaturated/α-hetero) is 3. The van der Waals surface area contributed by atoms with Crippen molar-refractivity contribution in [2.45, 2.75) is 105 Å². The third-order valence-electron chi connectivity index (χ3n) is 8.26. The summed E-state index contributed by atoms with van der Waals surface area (Å²) in [6.45, 7) is 19.2. The summed E-state index contributed by atoms with van der Waals surface area (Å²) < 4.78 is 0. The number of carbonyl (C=O) groups is 3. The van der Waals surface area contributed by atoms with Crippen LogP contribution in [0.25, 0.3) is 0 Å². The molecule has 5 atom stereocenters. The van der Waals surface area contributed by atoms with E-state index >= 15 is 0 Å². The van der Waals surface area contributed by atoms with Gasteiger partial charge in [0.05, 0.1) is 5.92 Å². The first-order valence-electron chi connectivity index (χ1n) is 13.1. The summed E-state index contributed by atoms with van der Waals surface area (Å²) in [6.07, 6.45) is 2.02. The van der Waals surface area contributed by atoms with E-state index in [1.54, 1.807) is 13.8 Å². The minimum atomic E-state index is -2.46. The second-order valence-corrected chi connectivity index (χ2v) is 13.0. The predicted molar refractivity (Wildman–Crippen MR) is 143 cm³/mol. The van der Waals surface area contributed by atoms with E-state index in [1.807, 2.05) is 40.7 Å². The number of allylic oxidation sites excluding steroid dienone is 3. The van der Waals surface area contributed by atoms with Crippen LogP contribution in [0.1, 0.15) is 88.0 Å². The van der Waals surface area contributed by atoms with Gasteiger partial charge in [0.15, 0.2) is 28.6 Å². The highest BCUT2D eigenvalue weighted by Gasteiger charge is 2.71. The SMILES string of the molecule is C=C(C)[C@@H](CC=C(C)C)CC1=C(O)[C@@]2(O)C[C@H](C(=O)C(C)(C)O)C(C)(C)[C@H](C2=O)[C@@]1(O)C(=O)CC(C)C. The van der Waals surface area contributed by atoms with Gasteiger partial charge in [-0.05, 0) is 64.7 Å². The van der Waals surface area contributed by atoms with Crippen molar-refractivity contribution in [3.63, 3.8) is 0 Å². The summed E-state index contributed by atoms with van der Waals surface area (Å²) in [5, 5.41) is 46.0. The molecule has 1 saturated carbocycles. The van der Waals surface area contributed by atoms with Gasteiger partial charge in [-0.15, -0.1) is 0 Å². The van der Waals surface area contributed by atoms with Gasteiger partial charge < -0.3 is 20.4 Å². The molecule has 1 fully saturated rings. The molecule has 0 spiro atoms. The molecule has 2 aliphatic rings. The molecule has 0 heterocycles. The third-order valence-corrected chi connectivity index (χ3v) is 8.26. The molecular weight excluding hydrogens is 472 g/mol. The number of carbonyl (C=O) groups excluding carboxylic acids is 3. The Morgan fingerprint density at radius 2 is 1.70 bits per heavy atom. The van der Waals surface area contributed by atoms with Crippen molar-refractivity contribution in [2.75, 3.05) is 0 Å². The highest BCUT2D eigenvalue weighted by Crippen LogP contribution is 2.60. The summed E-state index contributed by atoms with van der Waals surface area (Å²) in [5.41, 5.74) is -6.24. The van der Waals surface area contributed by atoms with Crippen molar-refractivity contribution in [3.05, 3.63) is 35.1 Å². The van der Waals surface area contributed by atoms with Crippen molar-refractivity contribution in [1.82, 2.24) is 0 Å². The number of aliphatic hydroxyl groups is 4. The molecule has 0 radical (unpaired) electrons. The van der Waals surface area contributed by atoms with Crippen molar-refractivity contribution < 1.29 is 34.8 Å². The molecule has 0 unspecified atom stereocenters. The normalized spacial score (nSPS) is 30.2. The Labute approximate surface area is 221 Å². The molecule has 0 aliphatic heterocycles. The fraction of sp³-hybridized carbons (Fsp3) is 0.700. The molecule has 2 rings (SSSR count). The highest BCUT2D eigenvalue weighted by atomic mass is 16.4. The van der Waals surface area contributed by atoms with E-state index in [1.165, 1.54) is 13.8 Å². The Morgan fingerprint density at radius 3 is 2.14 bits per heavy atom. The number of hydrogen-bond acceptors (Lipinski definition) is 7. The van der Waals surface area contributed by atoms with Gasteiger partial charge in [0, 0.05) is 24.3 Å². The topological polar surface area (TPSA) is 132 Å². The highest BCUT2D eigenvalue weighted by molar-refractivity contribution is 6.06. The van der Waals surface area contributed by atoms with E-state index in [0.717, 1.165) is 11.1 Å². The van der Waals surface area contributed by atoms with Gasteiger partial charge in [-0.2, -0.15) is 0 Å². The van der Waals surface area contributed by atoms with Gasteiger partial charge in [-0.1, -0.05) is 51.5 Å². The molecule has 2 bridgehead atoms. The first-order valence-corrected chi connectivity index (χ1v) is 13.1. The minimum absolute atomic E-state index is 0.0115. The summed E-state index contributed by atoms with van der Waals surface area (Å²) in [6, 6.07) is 0. The van der Waals surface area contributed by atoms with Crippen LogP contribution in [-0.4, -0.2) is 54.6 Å². The minimum Gasteiger partial charge on any atom is -0.509 e. The smallest absolute Gasteiger partial charge is 0.180 e. The molecule has 0 aromatic carbocycles. The number of fused-ring (bicyclic) bond motifs is 2. The van der Waals surface area contributed by atoms with Gasteiger partial charge in [-0.25, -0.2) is 0 Å². The number of ketones is 3. The number of hydrogen-bond donors (Lipinski definition) is 4. The van der Waals surface area contributed by atoms with Crippen LogP contribution in [0.4, 0.5) is 0 Å². The quantitative estimate of drug-likeness (QED) is 0.315. The summed E-state index contributed by atoms with van der Waals surface area (Å²) in [5.74, 6) is -5.96. The van der Waals surface area contributed by atoms with Crippen LogP contribution in [0.15, 0.2) is 35.1 Å². The van der Waals surface area contributed by atoms with Crippen LogP contribution in [-0.2, 0) is 14.4 Å². The Morgan fingerprint density at radius 1 is 1.16 bits per heavy atom. The molecule has 4 N–H and O–H groups in total. The zero-order valence-corrected chi connectivity index (χ0v) is 23.9. The fourth-order valence-electron chi connectivity index (χ4n) is 6.03. The van der Waals surface area contributed by atoms with Crippen molar-refractivity contribution >= 4 is 17.3 Å². The zero-order valence-electron chi connectivity index (χ0n) is 23.9. The van der Waals surface area contributed by atoms with Crippen molar-refractivity contribution in [1.29, 1.82) is 0 Å². The van der Waals surface area contributed by atoms with Gasteiger partial charge in [-0.3, -0.25) is 14.4 Å². The third kappa shape index (κ3) is 5.41. The van der Waals surface area contributed by atoms with Gasteiger partial charge in [0.2, 0.25) is 0 Å². The summed E-state index contributed by atoms with van der Waals surface area (Å²) in [7, 11) is 0. The molecule has 208 valence electrons. The molecule has 7 nitrogen and oxygen atoms in total. The number of aliphatic hydroxyl groups excluding tert-OH is 1. The summed E-state index contributed by atoms with van der Waals surface area (Å²) >= 11 is 0. The summed E-state index contributed by atoms with van der Waals surface area (Å²) in [4.78, 5) is 40.9. The fourth-order valence-corrected chi connectivity index (χ4v) is 6.03. The van der Waals surface area contributed by atoms with Crippen LogP contribution < -0.4 is 0 Å². The van der Waals surface area contributed by atoms with Crippen LogP contribution in [0.3, 0.4) is 0 Å². The van der Waals surface area contributed by atoms with E-state index in [9.17, 15) is 34.8 Å². The average Bonchev–Trinajstić information content (AvgIpc) is 2.72. The Kier molecular flexibility index (Phi) is 8.61. The molecular formula is C30H46O7. The Bertz CT molecular complexity index is 1030. The van der Waals surface area contributed by atoms with E-state index in [-0.39, 0.29) is 30.3 Å². The lowest BCUT2D eigenvalue weighted by molar-refractivity contribution is -0.192. The van der Waals surface area contributed by atoms with Crippen LogP contribution >= 0.6 is 0 Å². The predicted octanol–water partition coefficient (Wildman–Crippen LogP) is 4.40. The molecule has 0 aromatic rings. The van der Waals surface area contributed by atoms with E-state index in [0.29, 0.717) is 6.42 Å². The maximum absolute atomic E-state index is 13.8. The second-order valence-electron chi connectivity index (χ2n) is 13.0. The maximum Gasteiger partial charge on any atom is 0.180 e.